The third-order valence-electron chi connectivity index (χ3n) is 7.34. The van der Waals surface area contributed by atoms with Crippen molar-refractivity contribution in [1.82, 2.24) is 0 Å². The van der Waals surface area contributed by atoms with Gasteiger partial charge in [0.1, 0.15) is 12.7 Å². The van der Waals surface area contributed by atoms with Crippen LogP contribution in [0, 0.1) is 0 Å². The van der Waals surface area contributed by atoms with Crippen molar-refractivity contribution in [3.8, 4) is 0 Å². The van der Waals surface area contributed by atoms with Gasteiger partial charge >= 0.3 is 23.9 Å². The van der Waals surface area contributed by atoms with Crippen LogP contribution in [0.5, 0.6) is 0 Å². The lowest BCUT2D eigenvalue weighted by molar-refractivity contribution is -0.291. The normalized spacial score (nSPS) is 20.3. The van der Waals surface area contributed by atoms with E-state index >= 15 is 0 Å². The summed E-state index contributed by atoms with van der Waals surface area (Å²) >= 11 is 0. The van der Waals surface area contributed by atoms with Gasteiger partial charge in [-0.05, 0) is 54.1 Å². The Morgan fingerprint density at radius 2 is 1.02 bits per heavy atom. The lowest BCUT2D eigenvalue weighted by Crippen LogP contribution is -2.63. The fraction of sp³-hybridized carbons (Fsp3) is 0.189. The minimum absolute atomic E-state index is 0.195. The summed E-state index contributed by atoms with van der Waals surface area (Å²) in [6, 6.07) is 31.0. The van der Waals surface area contributed by atoms with E-state index in [1.165, 1.54) is 7.11 Å². The van der Waals surface area contributed by atoms with Gasteiger partial charge in [0.2, 0.25) is 0 Å². The minimum Gasteiger partial charge on any atom is -0.459 e. The van der Waals surface area contributed by atoms with Gasteiger partial charge in [-0.1, -0.05) is 79.4 Å². The number of hydrogen-bond acceptors (Lipinski definition) is 10. The summed E-state index contributed by atoms with van der Waals surface area (Å²) in [5.74, 6) is -3.00. The van der Waals surface area contributed by atoms with Crippen LogP contribution in [-0.2, 0) is 28.4 Å². The molecule has 4 aromatic carbocycles. The number of ether oxygens (including phenoxy) is 6. The first-order chi connectivity index (χ1) is 22.9. The first kappa shape index (κ1) is 32.8. The molecule has 0 aliphatic carbocycles. The van der Waals surface area contributed by atoms with Crippen LogP contribution in [0.2, 0.25) is 0 Å². The molecule has 47 heavy (non-hydrogen) atoms. The zero-order valence-corrected chi connectivity index (χ0v) is 25.4. The number of rotatable bonds is 11. The van der Waals surface area contributed by atoms with Gasteiger partial charge in [0.15, 0.2) is 24.6 Å². The fourth-order valence-corrected chi connectivity index (χ4v) is 4.90. The van der Waals surface area contributed by atoms with Crippen LogP contribution in [0.25, 0.3) is 6.08 Å². The highest BCUT2D eigenvalue weighted by Gasteiger charge is 2.53. The van der Waals surface area contributed by atoms with Crippen molar-refractivity contribution in [2.45, 2.75) is 30.7 Å². The number of carbonyl (C=O) groups is 4. The number of esters is 4. The number of benzene rings is 4. The first-order valence-corrected chi connectivity index (χ1v) is 14.7. The molecule has 0 bridgehead atoms. The van der Waals surface area contributed by atoms with Gasteiger partial charge < -0.3 is 28.4 Å². The maximum Gasteiger partial charge on any atom is 0.338 e. The van der Waals surface area contributed by atoms with E-state index in [2.05, 4.69) is 6.58 Å². The lowest BCUT2D eigenvalue weighted by atomic mass is 9.97. The molecule has 0 saturated carbocycles. The molecule has 10 nitrogen and oxygen atoms in total. The average molecular weight is 637 g/mol. The Morgan fingerprint density at radius 3 is 1.47 bits per heavy atom. The molecule has 4 aromatic rings. The molecule has 0 radical (unpaired) electrons. The monoisotopic (exact) mass is 636 g/mol. The standard InChI is InChI=1S/C37H32O10/c1-3-24-19-21-28(22-20-24)33(38)43-23-29-30(45-34(39)25-13-7-4-8-14-25)31(46-35(40)26-15-9-5-10-16-26)32(37(42-2)44-29)47-36(41)27-17-11-6-12-18-27/h3-22,29-32,37H,1,23H2,2H3/t29-,30-,31+,32-,37+/m1/s1. The van der Waals surface area contributed by atoms with Crippen molar-refractivity contribution in [1.29, 1.82) is 0 Å². The van der Waals surface area contributed by atoms with Crippen LogP contribution < -0.4 is 0 Å². The molecule has 0 aromatic heterocycles. The summed E-state index contributed by atoms with van der Waals surface area (Å²) in [6.45, 7) is 3.27. The third kappa shape index (κ3) is 8.18. The van der Waals surface area contributed by atoms with Gasteiger partial charge in [0.25, 0.3) is 0 Å². The first-order valence-electron chi connectivity index (χ1n) is 14.7. The zero-order valence-electron chi connectivity index (χ0n) is 25.4. The highest BCUT2D eigenvalue weighted by Crippen LogP contribution is 2.31. The van der Waals surface area contributed by atoms with Crippen LogP contribution >= 0.6 is 0 Å². The van der Waals surface area contributed by atoms with E-state index in [1.54, 1.807) is 121 Å². The summed E-state index contributed by atoms with van der Waals surface area (Å²) in [7, 11) is 1.31. The molecule has 240 valence electrons. The van der Waals surface area contributed by atoms with Gasteiger partial charge in [-0.3, -0.25) is 0 Å². The predicted molar refractivity (Wildman–Crippen MR) is 169 cm³/mol. The molecule has 5 rings (SSSR count). The van der Waals surface area contributed by atoms with Crippen molar-refractivity contribution < 1.29 is 47.6 Å². The summed E-state index contributed by atoms with van der Waals surface area (Å²) < 4.78 is 35.0. The zero-order chi connectivity index (χ0) is 33.2. The molecule has 10 heteroatoms. The van der Waals surface area contributed by atoms with Crippen molar-refractivity contribution in [3.63, 3.8) is 0 Å². The molecule has 1 heterocycles. The summed E-state index contributed by atoms with van der Waals surface area (Å²) in [6.07, 6.45) is -5.20. The highest BCUT2D eigenvalue weighted by atomic mass is 16.7. The van der Waals surface area contributed by atoms with E-state index in [9.17, 15) is 19.2 Å². The second-order valence-electron chi connectivity index (χ2n) is 10.4. The van der Waals surface area contributed by atoms with Crippen molar-refractivity contribution in [2.75, 3.05) is 13.7 Å². The number of methoxy groups -OCH3 is 1. The van der Waals surface area contributed by atoms with Crippen LogP contribution in [0.15, 0.2) is 122 Å². The van der Waals surface area contributed by atoms with Crippen molar-refractivity contribution in [2.24, 2.45) is 0 Å². The maximum atomic E-state index is 13.4. The summed E-state index contributed by atoms with van der Waals surface area (Å²) in [5.41, 5.74) is 1.68. The molecule has 0 spiro atoms. The highest BCUT2D eigenvalue weighted by molar-refractivity contribution is 5.91. The molecule has 0 unspecified atom stereocenters. The molecule has 0 N–H and O–H groups in total. The van der Waals surface area contributed by atoms with E-state index in [1.807, 2.05) is 0 Å². The Bertz CT molecular complexity index is 1670. The van der Waals surface area contributed by atoms with Crippen LogP contribution in [0.4, 0.5) is 0 Å². The van der Waals surface area contributed by atoms with Crippen molar-refractivity contribution in [3.05, 3.63) is 150 Å². The maximum absolute atomic E-state index is 13.4. The topological polar surface area (TPSA) is 124 Å². The average Bonchev–Trinajstić information content (AvgIpc) is 3.13. The Kier molecular flexibility index (Phi) is 10.9. The van der Waals surface area contributed by atoms with E-state index < -0.39 is 61.2 Å². The largest absolute Gasteiger partial charge is 0.459 e. The quantitative estimate of drug-likeness (QED) is 0.153. The SMILES string of the molecule is C=Cc1ccc(C(=O)OC[C@H]2O[C@H](OC)[C@H](OC(=O)c3ccccc3)[C@@H](OC(=O)c3ccccc3)[C@@H]2OC(=O)c2ccccc2)cc1. The third-order valence-corrected chi connectivity index (χ3v) is 7.34. The van der Waals surface area contributed by atoms with Gasteiger partial charge in [-0.25, -0.2) is 19.2 Å². The second kappa shape index (κ2) is 15.6. The molecule has 1 saturated heterocycles. The van der Waals surface area contributed by atoms with E-state index in [0.717, 1.165) is 5.56 Å². The van der Waals surface area contributed by atoms with Gasteiger partial charge in [0, 0.05) is 7.11 Å². The van der Waals surface area contributed by atoms with Crippen molar-refractivity contribution >= 4 is 30.0 Å². The van der Waals surface area contributed by atoms with Gasteiger partial charge in [0.05, 0.1) is 22.3 Å². The predicted octanol–water partition coefficient (Wildman–Crippen LogP) is 5.53. The fourth-order valence-electron chi connectivity index (χ4n) is 4.90. The van der Waals surface area contributed by atoms with Gasteiger partial charge in [-0.2, -0.15) is 0 Å². The Hall–Kier alpha value is -5.58. The lowest BCUT2D eigenvalue weighted by Gasteiger charge is -2.44. The Morgan fingerprint density at radius 1 is 0.596 bits per heavy atom. The number of carbonyl (C=O) groups excluding carboxylic acids is 4. The molecular weight excluding hydrogens is 604 g/mol. The summed E-state index contributed by atoms with van der Waals surface area (Å²) in [4.78, 5) is 53.1. The number of hydrogen-bond donors (Lipinski definition) is 0. The van der Waals surface area contributed by atoms with Gasteiger partial charge in [-0.15, -0.1) is 0 Å². The smallest absolute Gasteiger partial charge is 0.338 e. The minimum atomic E-state index is -1.46. The van der Waals surface area contributed by atoms with Crippen LogP contribution in [0.1, 0.15) is 47.0 Å². The molecule has 1 fully saturated rings. The molecule has 5 atom stereocenters. The molecule has 1 aliphatic rings. The van der Waals surface area contributed by atoms with E-state index in [4.69, 9.17) is 28.4 Å². The van der Waals surface area contributed by atoms with E-state index in [-0.39, 0.29) is 22.3 Å². The Balaban J connectivity index is 1.49. The molecule has 1 aliphatic heterocycles. The molecular formula is C37H32O10. The van der Waals surface area contributed by atoms with Crippen LogP contribution in [-0.4, -0.2) is 68.3 Å². The summed E-state index contributed by atoms with van der Waals surface area (Å²) in [5, 5.41) is 0. The Labute approximate surface area is 271 Å². The molecule has 0 amide bonds. The van der Waals surface area contributed by atoms with Crippen LogP contribution in [0.3, 0.4) is 0 Å². The van der Waals surface area contributed by atoms with E-state index in [0.29, 0.717) is 0 Å². The second-order valence-corrected chi connectivity index (χ2v) is 10.4.